The Hall–Kier alpha value is -2.16. The predicted molar refractivity (Wildman–Crippen MR) is 106 cm³/mol. The zero-order valence-electron chi connectivity index (χ0n) is 14.4. The topological polar surface area (TPSA) is 77.0 Å². The number of nitrogens with zero attached hydrogens (tertiary/aromatic N) is 3. The maximum Gasteiger partial charge on any atom is 0.271 e. The van der Waals surface area contributed by atoms with E-state index in [1.165, 1.54) is 11.3 Å². The third kappa shape index (κ3) is 3.92. The molecule has 8 heteroatoms. The van der Waals surface area contributed by atoms with Crippen molar-refractivity contribution in [2.24, 2.45) is 0 Å². The maximum absolute atomic E-state index is 13.0. The van der Waals surface area contributed by atoms with Gasteiger partial charge in [-0.2, -0.15) is 0 Å². The molecule has 0 saturated carbocycles. The Balaban J connectivity index is 1.60. The molecule has 1 aliphatic rings. The highest BCUT2D eigenvalue weighted by molar-refractivity contribution is 9.10. The minimum Gasteiger partial charge on any atom is -0.381 e. The van der Waals surface area contributed by atoms with Crippen LogP contribution in [0.25, 0.3) is 10.8 Å². The lowest BCUT2D eigenvalue weighted by Crippen LogP contribution is -2.49. The lowest BCUT2D eigenvalue weighted by Gasteiger charge is -2.38. The molecule has 0 radical (unpaired) electrons. The monoisotopic (exact) mass is 444 g/mol. The van der Waals surface area contributed by atoms with Gasteiger partial charge in [-0.1, -0.05) is 28.1 Å². The highest BCUT2D eigenvalue weighted by Gasteiger charge is 2.36. The van der Waals surface area contributed by atoms with Gasteiger partial charge in [0.25, 0.3) is 5.91 Å². The van der Waals surface area contributed by atoms with Gasteiger partial charge in [0.1, 0.15) is 5.69 Å². The van der Waals surface area contributed by atoms with Crippen LogP contribution in [0, 0.1) is 0 Å². The summed E-state index contributed by atoms with van der Waals surface area (Å²) in [5.41, 5.74) is 0.977. The molecular weight excluding hydrogens is 428 g/mol. The fourth-order valence-electron chi connectivity index (χ4n) is 3.16. The maximum atomic E-state index is 13.0. The highest BCUT2D eigenvalue weighted by Crippen LogP contribution is 2.34. The molecule has 138 valence electrons. The molecule has 1 aromatic carbocycles. The highest BCUT2D eigenvalue weighted by atomic mass is 79.9. The third-order valence-corrected chi connectivity index (χ3v) is 5.90. The van der Waals surface area contributed by atoms with Crippen molar-refractivity contribution in [1.29, 1.82) is 0 Å². The normalized spacial score (nSPS) is 16.0. The minimum absolute atomic E-state index is 0.199. The second-order valence-corrected chi connectivity index (χ2v) is 8.04. The zero-order valence-corrected chi connectivity index (χ0v) is 16.8. The van der Waals surface area contributed by atoms with E-state index in [0.29, 0.717) is 42.6 Å². The summed E-state index contributed by atoms with van der Waals surface area (Å²) in [7, 11) is 0. The van der Waals surface area contributed by atoms with Crippen molar-refractivity contribution in [2.75, 3.05) is 13.2 Å². The average Bonchev–Trinajstić information content (AvgIpc) is 3.20. The van der Waals surface area contributed by atoms with Gasteiger partial charge in [-0.15, -0.1) is 11.3 Å². The summed E-state index contributed by atoms with van der Waals surface area (Å²) in [6.07, 6.45) is 4.75. The number of nitrogens with one attached hydrogen (secondary N) is 1. The van der Waals surface area contributed by atoms with Crippen molar-refractivity contribution in [1.82, 2.24) is 20.3 Å². The Morgan fingerprint density at radius 2 is 1.96 bits per heavy atom. The number of carbonyl (C=O) groups is 1. The summed E-state index contributed by atoms with van der Waals surface area (Å²) in [5, 5.41) is 5.59. The third-order valence-electron chi connectivity index (χ3n) is 4.57. The molecule has 0 bridgehead atoms. The van der Waals surface area contributed by atoms with Gasteiger partial charge in [0.05, 0.1) is 5.54 Å². The van der Waals surface area contributed by atoms with Gasteiger partial charge < -0.3 is 10.1 Å². The van der Waals surface area contributed by atoms with Crippen molar-refractivity contribution >= 4 is 33.2 Å². The van der Waals surface area contributed by atoms with Crippen molar-refractivity contribution in [3.63, 3.8) is 0 Å². The van der Waals surface area contributed by atoms with Crippen molar-refractivity contribution in [2.45, 2.75) is 18.4 Å². The van der Waals surface area contributed by atoms with Crippen LogP contribution in [0.2, 0.25) is 0 Å². The molecule has 2 aromatic heterocycles. The van der Waals surface area contributed by atoms with Crippen LogP contribution in [0.4, 0.5) is 0 Å². The molecule has 0 unspecified atom stereocenters. The number of hydrogen-bond acceptors (Lipinski definition) is 6. The van der Waals surface area contributed by atoms with Crippen molar-refractivity contribution < 1.29 is 9.53 Å². The molecule has 1 N–H and O–H groups in total. The lowest BCUT2D eigenvalue weighted by atomic mass is 9.82. The van der Waals surface area contributed by atoms with E-state index in [9.17, 15) is 4.79 Å². The van der Waals surface area contributed by atoms with Gasteiger partial charge in [-0.05, 0) is 36.6 Å². The van der Waals surface area contributed by atoms with Gasteiger partial charge >= 0.3 is 0 Å². The smallest absolute Gasteiger partial charge is 0.271 e. The molecule has 0 spiro atoms. The molecule has 3 heterocycles. The van der Waals surface area contributed by atoms with Crippen LogP contribution in [0.5, 0.6) is 0 Å². The van der Waals surface area contributed by atoms with E-state index in [4.69, 9.17) is 4.74 Å². The van der Waals surface area contributed by atoms with Gasteiger partial charge in [0.2, 0.25) is 0 Å². The SMILES string of the molecule is O=C(NC1(c2cccc(Br)c2)CCOCC1)c1csc(-c2ncccn2)n1. The molecule has 3 aromatic rings. The fraction of sp³-hybridized carbons (Fsp3) is 0.263. The molecule has 1 aliphatic heterocycles. The van der Waals surface area contributed by atoms with Crippen LogP contribution < -0.4 is 5.32 Å². The number of benzene rings is 1. The molecule has 1 fully saturated rings. The van der Waals surface area contributed by atoms with E-state index in [1.807, 2.05) is 18.2 Å². The number of amides is 1. The van der Waals surface area contributed by atoms with Gasteiger partial charge in [-0.3, -0.25) is 4.79 Å². The summed E-state index contributed by atoms with van der Waals surface area (Å²) in [6.45, 7) is 1.21. The second kappa shape index (κ2) is 7.84. The van der Waals surface area contributed by atoms with E-state index in [-0.39, 0.29) is 5.91 Å². The number of thiazole rings is 1. The number of halogens is 1. The molecule has 0 aliphatic carbocycles. The first-order valence-corrected chi connectivity index (χ1v) is 10.2. The molecular formula is C19H17BrN4O2S. The number of ether oxygens (including phenoxy) is 1. The van der Waals surface area contributed by atoms with E-state index < -0.39 is 5.54 Å². The van der Waals surface area contributed by atoms with Gasteiger partial charge in [0.15, 0.2) is 10.8 Å². The molecule has 1 saturated heterocycles. The number of hydrogen-bond donors (Lipinski definition) is 1. The Morgan fingerprint density at radius 3 is 2.70 bits per heavy atom. The predicted octanol–water partition coefficient (Wildman–Crippen LogP) is 3.80. The average molecular weight is 445 g/mol. The lowest BCUT2D eigenvalue weighted by molar-refractivity contribution is 0.0344. The van der Waals surface area contributed by atoms with Crippen molar-refractivity contribution in [3.8, 4) is 10.8 Å². The quantitative estimate of drug-likeness (QED) is 0.661. The van der Waals surface area contributed by atoms with E-state index in [2.05, 4.69) is 42.3 Å². The Morgan fingerprint density at radius 1 is 1.19 bits per heavy atom. The standard InChI is InChI=1S/C19H17BrN4O2S/c20-14-4-1-3-13(11-14)19(5-9-26-10-6-19)24-17(25)15-12-27-18(23-15)16-21-7-2-8-22-16/h1-4,7-8,11-12H,5-6,9-10H2,(H,24,25). The Labute approximate surface area is 169 Å². The first kappa shape index (κ1) is 18.2. The van der Waals surface area contributed by atoms with E-state index >= 15 is 0 Å². The Bertz CT molecular complexity index is 942. The van der Waals surface area contributed by atoms with Crippen LogP contribution in [-0.2, 0) is 10.3 Å². The second-order valence-electron chi connectivity index (χ2n) is 6.27. The van der Waals surface area contributed by atoms with E-state index in [0.717, 1.165) is 10.0 Å². The molecule has 6 nitrogen and oxygen atoms in total. The molecule has 0 atom stereocenters. The van der Waals surface area contributed by atoms with Crippen LogP contribution in [-0.4, -0.2) is 34.1 Å². The first-order chi connectivity index (χ1) is 13.2. The fourth-order valence-corrected chi connectivity index (χ4v) is 4.31. The zero-order chi connectivity index (χ0) is 18.7. The number of aromatic nitrogens is 3. The van der Waals surface area contributed by atoms with Gasteiger partial charge in [-0.25, -0.2) is 15.0 Å². The first-order valence-electron chi connectivity index (χ1n) is 8.55. The molecule has 4 rings (SSSR count). The van der Waals surface area contributed by atoms with Crippen molar-refractivity contribution in [3.05, 3.63) is 63.8 Å². The summed E-state index contributed by atoms with van der Waals surface area (Å²) >= 11 is 4.89. The number of rotatable bonds is 4. The molecule has 27 heavy (non-hydrogen) atoms. The van der Waals surface area contributed by atoms with E-state index in [1.54, 1.807) is 23.8 Å². The molecule has 1 amide bonds. The summed E-state index contributed by atoms with van der Waals surface area (Å²) in [6, 6.07) is 9.80. The largest absolute Gasteiger partial charge is 0.381 e. The van der Waals surface area contributed by atoms with Crippen LogP contribution >= 0.6 is 27.3 Å². The summed E-state index contributed by atoms with van der Waals surface area (Å²) in [4.78, 5) is 25.8. The van der Waals surface area contributed by atoms with Gasteiger partial charge in [0, 0.05) is 35.5 Å². The minimum atomic E-state index is -0.466. The summed E-state index contributed by atoms with van der Waals surface area (Å²) in [5.74, 6) is 0.324. The van der Waals surface area contributed by atoms with Crippen LogP contribution in [0.3, 0.4) is 0 Å². The number of carbonyl (C=O) groups excluding carboxylic acids is 1. The Kier molecular flexibility index (Phi) is 5.29. The summed E-state index contributed by atoms with van der Waals surface area (Å²) < 4.78 is 6.52. The van der Waals surface area contributed by atoms with Crippen LogP contribution in [0.15, 0.2) is 52.6 Å². The van der Waals surface area contributed by atoms with Crippen LogP contribution in [0.1, 0.15) is 28.9 Å².